The van der Waals surface area contributed by atoms with Crippen LogP contribution in [-0.2, 0) is 0 Å². The molecule has 0 amide bonds. The van der Waals surface area contributed by atoms with Crippen LogP contribution in [0.4, 0.5) is 0 Å². The van der Waals surface area contributed by atoms with Crippen molar-refractivity contribution >= 4 is 22.6 Å². The lowest BCUT2D eigenvalue weighted by Gasteiger charge is -1.89. The topological polar surface area (TPSA) is 13.1 Å². The van der Waals surface area contributed by atoms with E-state index in [2.05, 4.69) is 6.26 Å². The zero-order chi connectivity index (χ0) is 7.84. The van der Waals surface area contributed by atoms with Gasteiger partial charge in [0.25, 0.3) is 0 Å². The molecule has 1 nitrogen and oxygen atoms in total. The van der Waals surface area contributed by atoms with Gasteiger partial charge in [-0.1, -0.05) is 11.6 Å². The quantitative estimate of drug-likeness (QED) is 0.584. The summed E-state index contributed by atoms with van der Waals surface area (Å²) >= 11 is 5.79. The fourth-order valence-electron chi connectivity index (χ4n) is 1.07. The first-order valence-corrected chi connectivity index (χ1v) is 3.71. The van der Waals surface area contributed by atoms with Gasteiger partial charge in [-0.05, 0) is 25.1 Å². The van der Waals surface area contributed by atoms with Crippen LogP contribution in [0.3, 0.4) is 0 Å². The third-order valence-electron chi connectivity index (χ3n) is 1.66. The normalized spacial score (nSPS) is 10.7. The molecule has 0 saturated heterocycles. The third kappa shape index (κ3) is 1.02. The number of fused-ring (bicyclic) bond motifs is 1. The Bertz CT molecular complexity index is 389. The Balaban J connectivity index is 2.87. The summed E-state index contributed by atoms with van der Waals surface area (Å²) < 4.78 is 5.12. The molecule has 0 atom stereocenters. The minimum Gasteiger partial charge on any atom is -0.452 e. The van der Waals surface area contributed by atoms with Crippen molar-refractivity contribution in [1.29, 1.82) is 0 Å². The summed E-state index contributed by atoms with van der Waals surface area (Å²) in [5, 5.41) is 1.77. The molecule has 0 aliphatic carbocycles. The van der Waals surface area contributed by atoms with Gasteiger partial charge in [0.05, 0.1) is 0 Å². The SMILES string of the molecule is Cc1[c]oc2ccc(Cl)cc12. The van der Waals surface area contributed by atoms with Crippen LogP contribution in [0.15, 0.2) is 22.6 Å². The molecule has 55 valence electrons. The van der Waals surface area contributed by atoms with Crippen LogP contribution in [0.5, 0.6) is 0 Å². The van der Waals surface area contributed by atoms with Crippen LogP contribution in [0.1, 0.15) is 5.56 Å². The summed E-state index contributed by atoms with van der Waals surface area (Å²) in [6.45, 7) is 1.95. The van der Waals surface area contributed by atoms with E-state index in [1.54, 1.807) is 6.07 Å². The molecule has 1 radical (unpaired) electrons. The van der Waals surface area contributed by atoms with Crippen LogP contribution in [0, 0.1) is 13.2 Å². The lowest BCUT2D eigenvalue weighted by molar-refractivity contribution is 0.603. The van der Waals surface area contributed by atoms with E-state index < -0.39 is 0 Å². The van der Waals surface area contributed by atoms with Gasteiger partial charge < -0.3 is 4.42 Å². The van der Waals surface area contributed by atoms with Crippen molar-refractivity contribution < 1.29 is 4.42 Å². The second kappa shape index (κ2) is 2.28. The number of rotatable bonds is 0. The molecular weight excluding hydrogens is 160 g/mol. The van der Waals surface area contributed by atoms with E-state index in [0.29, 0.717) is 0 Å². The Morgan fingerprint density at radius 3 is 3.09 bits per heavy atom. The molecule has 0 fully saturated rings. The third-order valence-corrected chi connectivity index (χ3v) is 1.89. The number of furan rings is 1. The fraction of sp³-hybridized carbons (Fsp3) is 0.111. The second-order valence-electron chi connectivity index (χ2n) is 2.47. The number of aryl methyl sites for hydroxylation is 1. The summed E-state index contributed by atoms with van der Waals surface area (Å²) in [7, 11) is 0. The molecule has 1 heterocycles. The molecule has 1 aromatic carbocycles. The van der Waals surface area contributed by atoms with E-state index in [4.69, 9.17) is 16.0 Å². The van der Waals surface area contributed by atoms with Gasteiger partial charge in [0.1, 0.15) is 5.58 Å². The highest BCUT2D eigenvalue weighted by atomic mass is 35.5. The first-order valence-electron chi connectivity index (χ1n) is 3.34. The van der Waals surface area contributed by atoms with Crippen molar-refractivity contribution in [2.24, 2.45) is 0 Å². The Morgan fingerprint density at radius 2 is 2.27 bits per heavy atom. The van der Waals surface area contributed by atoms with Crippen LogP contribution in [0.2, 0.25) is 5.02 Å². The minimum absolute atomic E-state index is 0.732. The molecule has 0 aliphatic rings. The Labute approximate surface area is 69.6 Å². The molecule has 2 aromatic rings. The van der Waals surface area contributed by atoms with Crippen molar-refractivity contribution in [3.8, 4) is 0 Å². The first kappa shape index (κ1) is 6.74. The molecule has 1 aromatic heterocycles. The lowest BCUT2D eigenvalue weighted by atomic mass is 10.2. The zero-order valence-electron chi connectivity index (χ0n) is 6.02. The van der Waals surface area contributed by atoms with E-state index in [9.17, 15) is 0 Å². The van der Waals surface area contributed by atoms with Crippen molar-refractivity contribution in [2.45, 2.75) is 6.92 Å². The highest BCUT2D eigenvalue weighted by molar-refractivity contribution is 6.31. The van der Waals surface area contributed by atoms with Crippen molar-refractivity contribution in [1.82, 2.24) is 0 Å². The zero-order valence-corrected chi connectivity index (χ0v) is 6.77. The Kier molecular flexibility index (Phi) is 1.40. The Morgan fingerprint density at radius 1 is 1.45 bits per heavy atom. The van der Waals surface area contributed by atoms with Crippen LogP contribution in [-0.4, -0.2) is 0 Å². The first-order chi connectivity index (χ1) is 5.27. The summed E-state index contributed by atoms with van der Waals surface area (Å²) in [6.07, 6.45) is 2.77. The van der Waals surface area contributed by atoms with Gasteiger partial charge >= 0.3 is 0 Å². The minimum atomic E-state index is 0.732. The van der Waals surface area contributed by atoms with Crippen LogP contribution in [0.25, 0.3) is 11.0 Å². The molecule has 0 bridgehead atoms. The molecular formula is C9H6ClO. The smallest absolute Gasteiger partial charge is 0.173 e. The molecule has 0 unspecified atom stereocenters. The molecule has 2 rings (SSSR count). The lowest BCUT2D eigenvalue weighted by Crippen LogP contribution is -1.67. The van der Waals surface area contributed by atoms with Gasteiger partial charge in [0.15, 0.2) is 6.26 Å². The van der Waals surface area contributed by atoms with E-state index >= 15 is 0 Å². The van der Waals surface area contributed by atoms with Crippen molar-refractivity contribution in [3.05, 3.63) is 35.0 Å². The maximum atomic E-state index is 5.79. The van der Waals surface area contributed by atoms with Gasteiger partial charge in [-0.3, -0.25) is 0 Å². The van der Waals surface area contributed by atoms with Crippen LogP contribution >= 0.6 is 11.6 Å². The second-order valence-corrected chi connectivity index (χ2v) is 2.91. The number of hydrogen-bond donors (Lipinski definition) is 0. The summed E-state index contributed by atoms with van der Waals surface area (Å²) in [6, 6.07) is 5.54. The van der Waals surface area contributed by atoms with Crippen molar-refractivity contribution in [3.63, 3.8) is 0 Å². The van der Waals surface area contributed by atoms with Gasteiger partial charge in [0.2, 0.25) is 0 Å². The van der Waals surface area contributed by atoms with Crippen LogP contribution < -0.4 is 0 Å². The molecule has 0 aliphatic heterocycles. The van der Waals surface area contributed by atoms with E-state index in [1.165, 1.54) is 0 Å². The molecule has 0 spiro atoms. The summed E-state index contributed by atoms with van der Waals surface area (Å²) in [5.74, 6) is 0. The molecule has 2 heteroatoms. The average Bonchev–Trinajstić information content (AvgIpc) is 2.33. The number of benzene rings is 1. The molecule has 0 N–H and O–H groups in total. The molecule has 0 saturated carbocycles. The van der Waals surface area contributed by atoms with Crippen molar-refractivity contribution in [2.75, 3.05) is 0 Å². The Hall–Kier alpha value is -0.950. The number of hydrogen-bond acceptors (Lipinski definition) is 1. The van der Waals surface area contributed by atoms with E-state index in [-0.39, 0.29) is 0 Å². The van der Waals surface area contributed by atoms with Gasteiger partial charge in [-0.25, -0.2) is 0 Å². The maximum Gasteiger partial charge on any atom is 0.173 e. The summed E-state index contributed by atoms with van der Waals surface area (Å²) in [5.41, 5.74) is 1.84. The summed E-state index contributed by atoms with van der Waals surface area (Å²) in [4.78, 5) is 0. The standard InChI is InChI=1S/C9H6ClO/c1-6-5-11-9-3-2-7(10)4-8(6)9/h2-4H,1H3. The van der Waals surface area contributed by atoms with E-state index in [0.717, 1.165) is 21.6 Å². The average molecular weight is 166 g/mol. The van der Waals surface area contributed by atoms with Gasteiger partial charge in [-0.2, -0.15) is 0 Å². The maximum absolute atomic E-state index is 5.79. The highest BCUT2D eigenvalue weighted by Crippen LogP contribution is 2.22. The van der Waals surface area contributed by atoms with E-state index in [1.807, 2.05) is 19.1 Å². The fourth-order valence-corrected chi connectivity index (χ4v) is 1.24. The van der Waals surface area contributed by atoms with Gasteiger partial charge in [0, 0.05) is 16.0 Å². The number of halogens is 1. The predicted molar refractivity (Wildman–Crippen MR) is 44.8 cm³/mol. The molecule has 11 heavy (non-hydrogen) atoms. The largest absolute Gasteiger partial charge is 0.452 e. The monoisotopic (exact) mass is 165 g/mol. The predicted octanol–water partition coefficient (Wildman–Crippen LogP) is 3.19. The highest BCUT2D eigenvalue weighted by Gasteiger charge is 2.01. The van der Waals surface area contributed by atoms with Gasteiger partial charge in [-0.15, -0.1) is 0 Å².